The number of carbonyl (C=O) groups excluding carboxylic acids is 2. The van der Waals surface area contributed by atoms with Crippen molar-refractivity contribution in [2.75, 3.05) is 0 Å². The average Bonchev–Trinajstić information content (AvgIpc) is 2.39. The van der Waals surface area contributed by atoms with Gasteiger partial charge in [0.25, 0.3) is 0 Å². The van der Waals surface area contributed by atoms with Crippen LogP contribution in [0.2, 0.25) is 0 Å². The molecule has 7 heteroatoms. The largest absolute Gasteiger partial charge is 1.00 e. The van der Waals surface area contributed by atoms with Gasteiger partial charge in [0.1, 0.15) is 12.2 Å². The number of ether oxygens (including phenoxy) is 1. The van der Waals surface area contributed by atoms with Crippen molar-refractivity contribution < 1.29 is 105 Å². The van der Waals surface area contributed by atoms with E-state index in [0.29, 0.717) is 0 Å². The van der Waals surface area contributed by atoms with Gasteiger partial charge in [-0.25, -0.2) is 0 Å². The minimum atomic E-state index is -1.51. The van der Waals surface area contributed by atoms with Gasteiger partial charge >= 0.3 is 80.9 Å². The smallest absolute Gasteiger partial charge is 0.547 e. The van der Waals surface area contributed by atoms with Crippen molar-refractivity contribution in [1.29, 1.82) is 0 Å². The van der Waals surface area contributed by atoms with Crippen LogP contribution in [0.4, 0.5) is 0 Å². The van der Waals surface area contributed by atoms with Crippen molar-refractivity contribution in [2.45, 2.75) is 12.2 Å². The Morgan fingerprint density at radius 1 is 1.09 bits per heavy atom. The van der Waals surface area contributed by atoms with Gasteiger partial charge in [0.05, 0.1) is 11.9 Å². The third kappa shape index (κ3) is 4.35. The third-order valence-electron chi connectivity index (χ3n) is 0.956. The summed E-state index contributed by atoms with van der Waals surface area (Å²) in [6, 6.07) is 0. The molecule has 1 fully saturated rings. The molecular formula is C4H2KNaO5. The predicted molar refractivity (Wildman–Crippen MR) is 18.7 cm³/mol. The van der Waals surface area contributed by atoms with E-state index in [9.17, 15) is 19.8 Å². The van der Waals surface area contributed by atoms with Crippen LogP contribution < -0.4 is 91.2 Å². The van der Waals surface area contributed by atoms with Crippen LogP contribution in [-0.4, -0.2) is 24.1 Å². The second kappa shape index (κ2) is 6.06. The predicted octanol–water partition coefficient (Wildman–Crippen LogP) is -9.74. The van der Waals surface area contributed by atoms with E-state index < -0.39 is 24.1 Å². The molecule has 0 aliphatic carbocycles. The first kappa shape index (κ1) is 15.0. The molecule has 11 heavy (non-hydrogen) atoms. The molecule has 0 aromatic carbocycles. The molecule has 0 amide bonds. The Labute approximate surface area is 127 Å². The summed E-state index contributed by atoms with van der Waals surface area (Å²) in [7, 11) is 0. The van der Waals surface area contributed by atoms with Crippen molar-refractivity contribution in [2.24, 2.45) is 0 Å². The summed E-state index contributed by atoms with van der Waals surface area (Å²) in [6.07, 6.45) is -2.59. The van der Waals surface area contributed by atoms with Crippen LogP contribution in [0.1, 0.15) is 0 Å². The SMILES string of the molecule is O=C([O-])[C@H]1O[C@H]1C(=O)[O-].[K+].[Na+]. The number of carbonyl (C=O) groups is 2. The topological polar surface area (TPSA) is 92.8 Å². The summed E-state index contributed by atoms with van der Waals surface area (Å²) < 4.78 is 4.12. The van der Waals surface area contributed by atoms with Crippen LogP contribution in [0.15, 0.2) is 0 Å². The summed E-state index contributed by atoms with van der Waals surface area (Å²) in [5.41, 5.74) is 0. The van der Waals surface area contributed by atoms with Gasteiger partial charge in [-0.3, -0.25) is 0 Å². The van der Waals surface area contributed by atoms with E-state index in [-0.39, 0.29) is 80.9 Å². The van der Waals surface area contributed by atoms with Crippen LogP contribution in [0.3, 0.4) is 0 Å². The molecule has 2 atom stereocenters. The van der Waals surface area contributed by atoms with Crippen LogP contribution in [0.5, 0.6) is 0 Å². The molecular weight excluding hydrogens is 190 g/mol. The van der Waals surface area contributed by atoms with Crippen molar-refractivity contribution in [1.82, 2.24) is 0 Å². The second-order valence-corrected chi connectivity index (χ2v) is 1.62. The average molecular weight is 192 g/mol. The fourth-order valence-corrected chi connectivity index (χ4v) is 0.471. The summed E-state index contributed by atoms with van der Waals surface area (Å²) in [5, 5.41) is 19.5. The van der Waals surface area contributed by atoms with Gasteiger partial charge in [0.2, 0.25) is 0 Å². The molecule has 0 unspecified atom stereocenters. The van der Waals surface area contributed by atoms with Crippen molar-refractivity contribution in [3.63, 3.8) is 0 Å². The zero-order valence-electron chi connectivity index (χ0n) is 6.20. The van der Waals surface area contributed by atoms with Crippen LogP contribution in [0.25, 0.3) is 0 Å². The second-order valence-electron chi connectivity index (χ2n) is 1.62. The summed E-state index contributed by atoms with van der Waals surface area (Å²) in [5.74, 6) is -3.02. The molecule has 0 radical (unpaired) electrons. The first-order valence-corrected chi connectivity index (χ1v) is 2.20. The molecule has 50 valence electrons. The maximum absolute atomic E-state index is 9.75. The van der Waals surface area contributed by atoms with E-state index in [1.807, 2.05) is 0 Å². The van der Waals surface area contributed by atoms with Crippen molar-refractivity contribution in [3.05, 3.63) is 0 Å². The zero-order valence-corrected chi connectivity index (χ0v) is 11.3. The molecule has 1 aliphatic heterocycles. The third-order valence-corrected chi connectivity index (χ3v) is 0.956. The van der Waals surface area contributed by atoms with E-state index >= 15 is 0 Å². The molecule has 1 saturated heterocycles. The van der Waals surface area contributed by atoms with Gasteiger partial charge in [0, 0.05) is 0 Å². The molecule has 5 nitrogen and oxygen atoms in total. The van der Waals surface area contributed by atoms with Gasteiger partial charge in [-0.2, -0.15) is 0 Å². The van der Waals surface area contributed by atoms with Gasteiger partial charge in [-0.15, -0.1) is 0 Å². The van der Waals surface area contributed by atoms with Crippen LogP contribution in [-0.2, 0) is 14.3 Å². The molecule has 0 saturated carbocycles. The van der Waals surface area contributed by atoms with Crippen LogP contribution in [0, 0.1) is 0 Å². The van der Waals surface area contributed by atoms with Crippen LogP contribution >= 0.6 is 0 Å². The van der Waals surface area contributed by atoms with Gasteiger partial charge in [-0.1, -0.05) is 0 Å². The molecule has 0 bridgehead atoms. The normalized spacial score (nSPS) is 25.8. The summed E-state index contributed by atoms with van der Waals surface area (Å²) in [6.45, 7) is 0. The van der Waals surface area contributed by atoms with E-state index in [1.54, 1.807) is 0 Å². The standard InChI is InChI=1S/C4H4O5.K.Na/c5-3(6)1-2(9-1)4(7)8;;/h1-2H,(H,5,6)(H,7,8);;/q;2*+1/p-2/t1-,2+;;. The molecule has 1 rings (SSSR count). The Morgan fingerprint density at radius 3 is 1.45 bits per heavy atom. The van der Waals surface area contributed by atoms with Crippen molar-refractivity contribution in [3.8, 4) is 0 Å². The fraction of sp³-hybridized carbons (Fsp3) is 0.500. The fourth-order valence-electron chi connectivity index (χ4n) is 0.471. The van der Waals surface area contributed by atoms with E-state index in [4.69, 9.17) is 0 Å². The Bertz CT molecular complexity index is 154. The molecule has 1 aliphatic rings. The molecule has 0 N–H and O–H groups in total. The summed E-state index contributed by atoms with van der Waals surface area (Å²) in [4.78, 5) is 19.5. The molecule has 0 aromatic heterocycles. The number of epoxide rings is 1. The Kier molecular flexibility index (Phi) is 8.28. The number of hydrogen-bond donors (Lipinski definition) is 0. The maximum atomic E-state index is 9.75. The minimum Gasteiger partial charge on any atom is -0.547 e. The van der Waals surface area contributed by atoms with E-state index in [2.05, 4.69) is 4.74 Å². The summed E-state index contributed by atoms with van der Waals surface area (Å²) >= 11 is 0. The quantitative estimate of drug-likeness (QED) is 0.320. The molecule has 1 heterocycles. The first-order chi connectivity index (χ1) is 4.13. The van der Waals surface area contributed by atoms with E-state index in [0.717, 1.165) is 0 Å². The zero-order chi connectivity index (χ0) is 7.02. The molecule has 0 aromatic rings. The van der Waals surface area contributed by atoms with Gasteiger partial charge in [0.15, 0.2) is 0 Å². The maximum Gasteiger partial charge on any atom is 1.00 e. The van der Waals surface area contributed by atoms with E-state index in [1.165, 1.54) is 0 Å². The van der Waals surface area contributed by atoms with Crippen molar-refractivity contribution >= 4 is 11.9 Å². The number of carboxylic acids is 2. The Morgan fingerprint density at radius 2 is 1.36 bits per heavy atom. The Balaban J connectivity index is 0. The monoisotopic (exact) mass is 192 g/mol. The van der Waals surface area contributed by atoms with Gasteiger partial charge < -0.3 is 24.5 Å². The molecule has 0 spiro atoms. The van der Waals surface area contributed by atoms with Gasteiger partial charge in [-0.05, 0) is 0 Å². The number of aliphatic carboxylic acids is 2. The number of carboxylic acid groups (broad SMARTS) is 2. The number of rotatable bonds is 2. The minimum absolute atomic E-state index is 0. The Hall–Kier alpha value is 1.54. The number of hydrogen-bond acceptors (Lipinski definition) is 5. The first-order valence-electron chi connectivity index (χ1n) is 2.20.